The van der Waals surface area contributed by atoms with Gasteiger partial charge < -0.3 is 15.4 Å². The summed E-state index contributed by atoms with van der Waals surface area (Å²) in [6, 6.07) is 6.67. The van der Waals surface area contributed by atoms with E-state index < -0.39 is 0 Å². The van der Waals surface area contributed by atoms with E-state index in [1.54, 1.807) is 7.05 Å². The molecule has 136 valence electrons. The highest BCUT2D eigenvalue weighted by Crippen LogP contribution is 2.24. The van der Waals surface area contributed by atoms with E-state index in [1.807, 2.05) is 12.1 Å². The highest BCUT2D eigenvalue weighted by molar-refractivity contribution is 14.0. The lowest BCUT2D eigenvalue weighted by molar-refractivity contribution is 0.0242. The zero-order valence-electron chi connectivity index (χ0n) is 15.0. The maximum absolute atomic E-state index is 13.1. The van der Waals surface area contributed by atoms with Crippen molar-refractivity contribution in [1.82, 2.24) is 10.6 Å². The molecule has 24 heavy (non-hydrogen) atoms. The van der Waals surface area contributed by atoms with Gasteiger partial charge in [-0.3, -0.25) is 4.99 Å². The van der Waals surface area contributed by atoms with E-state index in [1.165, 1.54) is 12.1 Å². The van der Waals surface area contributed by atoms with E-state index in [-0.39, 0.29) is 40.8 Å². The number of nitrogens with one attached hydrogen (secondary N) is 2. The van der Waals surface area contributed by atoms with Gasteiger partial charge in [0.15, 0.2) is 5.96 Å². The first-order valence-electron chi connectivity index (χ1n) is 8.19. The zero-order chi connectivity index (χ0) is 16.9. The van der Waals surface area contributed by atoms with Gasteiger partial charge in [0.05, 0.1) is 5.60 Å². The Bertz CT molecular complexity index is 540. The second-order valence-corrected chi connectivity index (χ2v) is 7.07. The fraction of sp³-hybridized carbons (Fsp3) is 0.611. The molecule has 6 heteroatoms. The van der Waals surface area contributed by atoms with E-state index in [2.05, 4.69) is 36.4 Å². The third kappa shape index (κ3) is 5.88. The summed E-state index contributed by atoms with van der Waals surface area (Å²) in [5, 5.41) is 6.69. The lowest BCUT2D eigenvalue weighted by Gasteiger charge is -2.28. The molecule has 0 bridgehead atoms. The summed E-state index contributed by atoms with van der Waals surface area (Å²) < 4.78 is 18.9. The van der Waals surface area contributed by atoms with Crippen molar-refractivity contribution < 1.29 is 9.13 Å². The summed E-state index contributed by atoms with van der Waals surface area (Å²) >= 11 is 0. The quantitative estimate of drug-likeness (QED) is 0.411. The van der Waals surface area contributed by atoms with Crippen LogP contribution in [0.25, 0.3) is 0 Å². The van der Waals surface area contributed by atoms with E-state index in [4.69, 9.17) is 4.74 Å². The highest BCUT2D eigenvalue weighted by atomic mass is 127. The predicted molar refractivity (Wildman–Crippen MR) is 108 cm³/mol. The number of benzene rings is 1. The largest absolute Gasteiger partial charge is 0.373 e. The van der Waals surface area contributed by atoms with Crippen LogP contribution in [0.1, 0.15) is 39.2 Å². The Hall–Kier alpha value is -0.890. The van der Waals surface area contributed by atoms with E-state index in [0.717, 1.165) is 37.5 Å². The SMILES string of the molecule is CN=C(NCC1(C)CCCO1)NCC(C)(C)c1ccc(F)cc1.I. The molecule has 0 spiro atoms. The Kier molecular flexibility index (Phi) is 7.92. The van der Waals surface area contributed by atoms with Crippen LogP contribution in [0.4, 0.5) is 4.39 Å². The first-order valence-corrected chi connectivity index (χ1v) is 8.19. The minimum atomic E-state index is -0.209. The van der Waals surface area contributed by atoms with Crippen LogP contribution in [-0.2, 0) is 10.2 Å². The summed E-state index contributed by atoms with van der Waals surface area (Å²) in [5.41, 5.74) is 0.858. The summed E-state index contributed by atoms with van der Waals surface area (Å²) in [6.45, 7) is 8.66. The number of rotatable bonds is 5. The van der Waals surface area contributed by atoms with Gasteiger partial charge in [-0.25, -0.2) is 4.39 Å². The van der Waals surface area contributed by atoms with Crippen molar-refractivity contribution in [3.8, 4) is 0 Å². The Balaban J connectivity index is 0.00000288. The molecular weight excluding hydrogens is 420 g/mol. The van der Waals surface area contributed by atoms with Gasteiger partial charge in [-0.2, -0.15) is 0 Å². The minimum Gasteiger partial charge on any atom is -0.373 e. The topological polar surface area (TPSA) is 45.7 Å². The van der Waals surface area contributed by atoms with Crippen LogP contribution in [-0.4, -0.2) is 38.3 Å². The van der Waals surface area contributed by atoms with Crippen LogP contribution in [0.3, 0.4) is 0 Å². The van der Waals surface area contributed by atoms with Gasteiger partial charge in [-0.05, 0) is 37.5 Å². The molecule has 0 saturated carbocycles. The molecule has 1 fully saturated rings. The predicted octanol–water partition coefficient (Wildman–Crippen LogP) is 3.46. The van der Waals surface area contributed by atoms with E-state index in [0.29, 0.717) is 6.54 Å². The van der Waals surface area contributed by atoms with Crippen molar-refractivity contribution in [2.45, 2.75) is 44.6 Å². The molecule has 1 atom stereocenters. The van der Waals surface area contributed by atoms with E-state index >= 15 is 0 Å². The normalized spacial score (nSPS) is 21.3. The third-order valence-electron chi connectivity index (χ3n) is 4.48. The van der Waals surface area contributed by atoms with Crippen LogP contribution in [0.15, 0.2) is 29.3 Å². The van der Waals surface area contributed by atoms with Crippen molar-refractivity contribution >= 4 is 29.9 Å². The molecule has 1 aromatic carbocycles. The number of hydrogen-bond donors (Lipinski definition) is 2. The van der Waals surface area contributed by atoms with Crippen LogP contribution in [0.2, 0.25) is 0 Å². The number of hydrogen-bond acceptors (Lipinski definition) is 2. The summed E-state index contributed by atoms with van der Waals surface area (Å²) in [7, 11) is 1.76. The van der Waals surface area contributed by atoms with Crippen LogP contribution in [0.5, 0.6) is 0 Å². The van der Waals surface area contributed by atoms with Crippen LogP contribution < -0.4 is 10.6 Å². The molecule has 0 aromatic heterocycles. The molecule has 0 radical (unpaired) electrons. The average molecular weight is 449 g/mol. The van der Waals surface area contributed by atoms with Gasteiger partial charge in [0.1, 0.15) is 5.82 Å². The van der Waals surface area contributed by atoms with Gasteiger partial charge in [-0.15, -0.1) is 24.0 Å². The first kappa shape index (κ1) is 21.2. The lowest BCUT2D eigenvalue weighted by atomic mass is 9.84. The Labute approximate surface area is 161 Å². The Morgan fingerprint density at radius 1 is 1.29 bits per heavy atom. The van der Waals surface area contributed by atoms with Crippen molar-refractivity contribution in [2.24, 2.45) is 4.99 Å². The standard InChI is InChI=1S/C18H28FN3O.HI/c1-17(2,14-6-8-15(19)9-7-14)12-21-16(20-4)22-13-18(3)10-5-11-23-18;/h6-9H,5,10-13H2,1-4H3,(H2,20,21,22);1H. The number of aliphatic imine (C=N–C) groups is 1. The summed E-state index contributed by atoms with van der Waals surface area (Å²) in [6.07, 6.45) is 2.18. The average Bonchev–Trinajstić information content (AvgIpc) is 2.95. The van der Waals surface area contributed by atoms with E-state index in [9.17, 15) is 4.39 Å². The molecule has 1 aliphatic rings. The second kappa shape index (κ2) is 8.99. The molecule has 1 aromatic rings. The monoisotopic (exact) mass is 449 g/mol. The number of guanidine groups is 1. The lowest BCUT2D eigenvalue weighted by Crippen LogP contribution is -2.48. The molecular formula is C18H29FIN3O. The van der Waals surface area contributed by atoms with Gasteiger partial charge in [0.2, 0.25) is 0 Å². The molecule has 0 aliphatic carbocycles. The third-order valence-corrected chi connectivity index (χ3v) is 4.48. The number of nitrogens with zero attached hydrogens (tertiary/aromatic N) is 1. The summed E-state index contributed by atoms with van der Waals surface area (Å²) in [5.74, 6) is 0.553. The molecule has 1 saturated heterocycles. The second-order valence-electron chi connectivity index (χ2n) is 7.07. The molecule has 4 nitrogen and oxygen atoms in total. The Morgan fingerprint density at radius 3 is 2.50 bits per heavy atom. The first-order chi connectivity index (χ1) is 10.8. The maximum Gasteiger partial charge on any atom is 0.191 e. The number of halogens is 2. The molecule has 1 aliphatic heterocycles. The molecule has 2 N–H and O–H groups in total. The van der Waals surface area contributed by atoms with Crippen LogP contribution >= 0.6 is 24.0 Å². The minimum absolute atomic E-state index is 0. The zero-order valence-corrected chi connectivity index (χ0v) is 17.3. The molecule has 2 rings (SSSR count). The fourth-order valence-electron chi connectivity index (χ4n) is 2.78. The fourth-order valence-corrected chi connectivity index (χ4v) is 2.78. The van der Waals surface area contributed by atoms with Gasteiger partial charge in [0.25, 0.3) is 0 Å². The molecule has 0 amide bonds. The summed E-state index contributed by atoms with van der Waals surface area (Å²) in [4.78, 5) is 4.27. The maximum atomic E-state index is 13.1. The van der Waals surface area contributed by atoms with Gasteiger partial charge >= 0.3 is 0 Å². The number of ether oxygens (including phenoxy) is 1. The van der Waals surface area contributed by atoms with Crippen LogP contribution in [0, 0.1) is 5.82 Å². The molecule has 1 heterocycles. The smallest absolute Gasteiger partial charge is 0.191 e. The van der Waals surface area contributed by atoms with Crippen molar-refractivity contribution in [1.29, 1.82) is 0 Å². The van der Waals surface area contributed by atoms with Crippen molar-refractivity contribution in [3.63, 3.8) is 0 Å². The highest BCUT2D eigenvalue weighted by Gasteiger charge is 2.30. The van der Waals surface area contributed by atoms with Gasteiger partial charge in [0, 0.05) is 32.2 Å². The Morgan fingerprint density at radius 2 is 1.96 bits per heavy atom. The van der Waals surface area contributed by atoms with Gasteiger partial charge in [-0.1, -0.05) is 26.0 Å². The van der Waals surface area contributed by atoms with Crippen molar-refractivity contribution in [3.05, 3.63) is 35.6 Å². The van der Waals surface area contributed by atoms with Crippen molar-refractivity contribution in [2.75, 3.05) is 26.7 Å². The molecule has 1 unspecified atom stereocenters.